The van der Waals surface area contributed by atoms with Crippen LogP contribution in [0.2, 0.25) is 0 Å². The minimum absolute atomic E-state index is 0.364. The predicted octanol–water partition coefficient (Wildman–Crippen LogP) is -1.53. The number of primary amides is 1. The zero-order valence-corrected chi connectivity index (χ0v) is 8.34. The van der Waals surface area contributed by atoms with Crippen molar-refractivity contribution in [1.29, 1.82) is 0 Å². The van der Waals surface area contributed by atoms with E-state index in [-0.39, 0.29) is 0 Å². The average molecular weight is 212 g/mol. The molecule has 0 fully saturated rings. The Kier molecular flexibility index (Phi) is 1.73. The van der Waals surface area contributed by atoms with E-state index < -0.39 is 5.91 Å². The molecule has 5 heteroatoms. The number of fused-ring (bicyclic) bond motifs is 3. The number of carbonyl (C=O) groups is 1. The van der Waals surface area contributed by atoms with Gasteiger partial charge in [0.15, 0.2) is 0 Å². The van der Waals surface area contributed by atoms with Crippen LogP contribution in [0.25, 0.3) is 12.4 Å². The van der Waals surface area contributed by atoms with E-state index in [1.54, 1.807) is 24.8 Å². The highest BCUT2D eigenvalue weighted by atomic mass is 16.1. The van der Waals surface area contributed by atoms with Crippen molar-refractivity contribution in [1.82, 2.24) is 4.98 Å². The van der Waals surface area contributed by atoms with E-state index in [1.807, 2.05) is 0 Å². The molecule has 1 aromatic heterocycles. The van der Waals surface area contributed by atoms with Gasteiger partial charge >= 0.3 is 0 Å². The third-order valence-electron chi connectivity index (χ3n) is 2.68. The maximum atomic E-state index is 11.1. The quantitative estimate of drug-likeness (QED) is 0.613. The van der Waals surface area contributed by atoms with Crippen molar-refractivity contribution in [3.63, 3.8) is 0 Å². The Morgan fingerprint density at radius 2 is 2.25 bits per heavy atom. The van der Waals surface area contributed by atoms with Gasteiger partial charge in [0.25, 0.3) is 5.91 Å². The molecule has 2 aliphatic heterocycles. The summed E-state index contributed by atoms with van der Waals surface area (Å²) in [6.07, 6.45) is 7.27. The van der Waals surface area contributed by atoms with Crippen LogP contribution >= 0.6 is 0 Å². The van der Waals surface area contributed by atoms with Gasteiger partial charge in [-0.1, -0.05) is 0 Å². The number of hydrogen-bond acceptors (Lipinski definition) is 4. The van der Waals surface area contributed by atoms with E-state index in [0.717, 1.165) is 21.7 Å². The van der Waals surface area contributed by atoms with Crippen molar-refractivity contribution in [2.75, 3.05) is 0 Å². The van der Waals surface area contributed by atoms with Gasteiger partial charge in [0, 0.05) is 35.8 Å². The Hall–Kier alpha value is -2.30. The second-order valence-corrected chi connectivity index (χ2v) is 3.64. The summed E-state index contributed by atoms with van der Waals surface area (Å²) in [6, 6.07) is 0. The molecule has 0 saturated heterocycles. The molecule has 2 N–H and O–H groups in total. The van der Waals surface area contributed by atoms with E-state index >= 15 is 0 Å². The zero-order chi connectivity index (χ0) is 11.1. The van der Waals surface area contributed by atoms with Crippen molar-refractivity contribution in [2.24, 2.45) is 15.7 Å². The maximum absolute atomic E-state index is 11.1. The van der Waals surface area contributed by atoms with Crippen LogP contribution in [0.15, 0.2) is 16.2 Å². The van der Waals surface area contributed by atoms with E-state index in [4.69, 9.17) is 5.73 Å². The van der Waals surface area contributed by atoms with Gasteiger partial charge in [-0.2, -0.15) is 0 Å². The summed E-state index contributed by atoms with van der Waals surface area (Å²) in [7, 11) is 0. The first-order chi connectivity index (χ1) is 7.75. The van der Waals surface area contributed by atoms with Gasteiger partial charge in [0.2, 0.25) is 0 Å². The summed E-state index contributed by atoms with van der Waals surface area (Å²) < 4.78 is 0. The highest BCUT2D eigenvalue weighted by molar-refractivity contribution is 6.39. The number of aromatic nitrogens is 1. The summed E-state index contributed by atoms with van der Waals surface area (Å²) in [6.45, 7) is 0. The Morgan fingerprint density at radius 3 is 3.06 bits per heavy atom. The highest BCUT2D eigenvalue weighted by Crippen LogP contribution is 2.05. The van der Waals surface area contributed by atoms with E-state index in [9.17, 15) is 4.79 Å². The predicted molar refractivity (Wildman–Crippen MR) is 60.3 cm³/mol. The Bertz CT molecular complexity index is 670. The number of pyridine rings is 1. The monoisotopic (exact) mass is 212 g/mol. The molecule has 0 spiro atoms. The molecule has 0 saturated carbocycles. The molecular formula is C11H8N4O. The lowest BCUT2D eigenvalue weighted by Crippen LogP contribution is -2.33. The van der Waals surface area contributed by atoms with Crippen LogP contribution in [0.1, 0.15) is 11.1 Å². The highest BCUT2D eigenvalue weighted by Gasteiger charge is 2.17. The maximum Gasteiger partial charge on any atom is 0.263 e. The van der Waals surface area contributed by atoms with Crippen LogP contribution in [-0.2, 0) is 11.2 Å². The largest absolute Gasteiger partial charge is 0.365 e. The van der Waals surface area contributed by atoms with Gasteiger partial charge in [0.1, 0.15) is 5.71 Å². The van der Waals surface area contributed by atoms with Crippen LogP contribution in [0.3, 0.4) is 0 Å². The van der Waals surface area contributed by atoms with E-state index in [0.29, 0.717) is 12.1 Å². The molecule has 0 aliphatic carbocycles. The summed E-state index contributed by atoms with van der Waals surface area (Å²) in [5, 5.41) is 1.75. The second-order valence-electron chi connectivity index (χ2n) is 3.64. The van der Waals surface area contributed by atoms with E-state index in [1.165, 1.54) is 0 Å². The van der Waals surface area contributed by atoms with E-state index in [2.05, 4.69) is 15.0 Å². The Labute approximate surface area is 90.7 Å². The normalized spacial score (nSPS) is 15.6. The molecule has 16 heavy (non-hydrogen) atoms. The molecule has 0 unspecified atom stereocenters. The molecule has 1 aromatic rings. The molecule has 0 radical (unpaired) electrons. The molecular weight excluding hydrogens is 204 g/mol. The van der Waals surface area contributed by atoms with Crippen molar-refractivity contribution < 1.29 is 4.79 Å². The van der Waals surface area contributed by atoms with Crippen molar-refractivity contribution >= 4 is 30.2 Å². The molecule has 2 aliphatic rings. The lowest BCUT2D eigenvalue weighted by molar-refractivity contribution is -0.112. The van der Waals surface area contributed by atoms with Crippen LogP contribution in [0, 0.1) is 0 Å². The number of rotatable bonds is 1. The summed E-state index contributed by atoms with van der Waals surface area (Å²) in [5.74, 6) is -0.488. The number of nitrogens with zero attached hydrogens (tertiary/aromatic N) is 3. The minimum Gasteiger partial charge on any atom is -0.365 e. The lowest BCUT2D eigenvalue weighted by Gasteiger charge is -2.09. The van der Waals surface area contributed by atoms with Gasteiger partial charge in [0.05, 0.1) is 11.5 Å². The molecule has 0 bridgehead atoms. The molecule has 78 valence electrons. The van der Waals surface area contributed by atoms with Gasteiger partial charge in [-0.3, -0.25) is 19.8 Å². The van der Waals surface area contributed by atoms with Gasteiger partial charge in [-0.15, -0.1) is 0 Å². The lowest BCUT2D eigenvalue weighted by atomic mass is 10.0. The summed E-state index contributed by atoms with van der Waals surface area (Å²) in [4.78, 5) is 23.4. The number of amides is 1. The first-order valence-corrected chi connectivity index (χ1v) is 4.83. The smallest absolute Gasteiger partial charge is 0.263 e. The second kappa shape index (κ2) is 3.10. The molecule has 0 aromatic carbocycles. The number of aliphatic imine (C=N–C) groups is 2. The van der Waals surface area contributed by atoms with Crippen molar-refractivity contribution in [3.05, 3.63) is 27.9 Å². The molecule has 1 amide bonds. The van der Waals surface area contributed by atoms with Crippen LogP contribution in [0.4, 0.5) is 0 Å². The zero-order valence-electron chi connectivity index (χ0n) is 8.34. The van der Waals surface area contributed by atoms with Gasteiger partial charge in [-0.25, -0.2) is 0 Å². The number of nitrogens with two attached hydrogens (primary N) is 1. The first-order valence-electron chi connectivity index (χ1n) is 4.83. The topological polar surface area (TPSA) is 80.7 Å². The number of hydrogen-bond donors (Lipinski definition) is 1. The van der Waals surface area contributed by atoms with Crippen molar-refractivity contribution in [3.8, 4) is 0 Å². The fraction of sp³-hybridized carbons (Fsp3) is 0.0909. The first kappa shape index (κ1) is 8.96. The summed E-state index contributed by atoms with van der Waals surface area (Å²) >= 11 is 0. The minimum atomic E-state index is -0.488. The molecule has 5 nitrogen and oxygen atoms in total. The molecule has 0 atom stereocenters. The van der Waals surface area contributed by atoms with Crippen LogP contribution < -0.4 is 16.3 Å². The third-order valence-corrected chi connectivity index (χ3v) is 2.68. The Balaban J connectivity index is 2.25. The van der Waals surface area contributed by atoms with Crippen molar-refractivity contribution in [2.45, 2.75) is 6.42 Å². The Morgan fingerprint density at radius 1 is 1.38 bits per heavy atom. The van der Waals surface area contributed by atoms with Crippen LogP contribution in [-0.4, -0.2) is 22.8 Å². The standard InChI is InChI=1S/C11H8N4O/c12-11(16)9-1-7-8-4-13-2-6(8)3-14-10(7)5-15-9/h2-5H,1H2,(H2,12,16). The number of carbonyl (C=O) groups excluding carboxylic acids is 1. The fourth-order valence-corrected chi connectivity index (χ4v) is 1.85. The van der Waals surface area contributed by atoms with Crippen LogP contribution in [0.5, 0.6) is 0 Å². The molecule has 3 heterocycles. The SMILES string of the molecule is NC(=O)C1=NC=c2ncc3c(c2C1)C=NC=3. The average Bonchev–Trinajstić information content (AvgIpc) is 2.76. The fourth-order valence-electron chi connectivity index (χ4n) is 1.85. The van der Waals surface area contributed by atoms with Gasteiger partial charge in [-0.05, 0) is 5.56 Å². The van der Waals surface area contributed by atoms with Gasteiger partial charge < -0.3 is 5.73 Å². The third kappa shape index (κ3) is 1.18. The summed E-state index contributed by atoms with van der Waals surface area (Å²) in [5.41, 5.74) is 7.56. The molecule has 3 rings (SSSR count).